The topological polar surface area (TPSA) is 131 Å². The molecule has 2 rings (SSSR count). The molecule has 0 aliphatic carbocycles. The van der Waals surface area contributed by atoms with Gasteiger partial charge in [-0.05, 0) is 24.6 Å². The number of H-pyrrole nitrogens is 1. The number of hydrogen-bond acceptors (Lipinski definition) is 5. The predicted octanol–water partition coefficient (Wildman–Crippen LogP) is 0.666. The van der Waals surface area contributed by atoms with Crippen molar-refractivity contribution in [3.8, 4) is 0 Å². The molecule has 20 heavy (non-hydrogen) atoms. The first-order valence-corrected chi connectivity index (χ1v) is 7.21. The number of nitrogens with one attached hydrogen (secondary N) is 2. The van der Waals surface area contributed by atoms with Gasteiger partial charge in [0.2, 0.25) is 10.0 Å². The van der Waals surface area contributed by atoms with Crippen LogP contribution in [0.1, 0.15) is 16.1 Å². The first-order valence-electron chi connectivity index (χ1n) is 5.29. The first kappa shape index (κ1) is 14.4. The van der Waals surface area contributed by atoms with Gasteiger partial charge in [-0.3, -0.25) is 4.79 Å². The number of halogens is 1. The summed E-state index contributed by atoms with van der Waals surface area (Å²) < 4.78 is 22.5. The average molecular weight is 316 g/mol. The second kappa shape index (κ2) is 5.19. The lowest BCUT2D eigenvalue weighted by Crippen LogP contribution is -2.16. The third kappa shape index (κ3) is 2.95. The molecule has 0 spiro atoms. The molecule has 0 fully saturated rings. The van der Waals surface area contributed by atoms with Gasteiger partial charge in [0.15, 0.2) is 5.69 Å². The van der Waals surface area contributed by atoms with Crippen molar-refractivity contribution in [2.45, 2.75) is 11.8 Å². The van der Waals surface area contributed by atoms with Crippen molar-refractivity contribution in [3.63, 3.8) is 0 Å². The van der Waals surface area contributed by atoms with Crippen LogP contribution in [0.15, 0.2) is 23.2 Å². The number of carbonyl (C=O) groups is 1. The minimum absolute atomic E-state index is 0.0610. The van der Waals surface area contributed by atoms with Crippen LogP contribution in [0.3, 0.4) is 0 Å². The van der Waals surface area contributed by atoms with Crippen molar-refractivity contribution in [2.24, 2.45) is 5.14 Å². The lowest BCUT2D eigenvalue weighted by molar-refractivity contribution is 0.102. The number of benzene rings is 1. The van der Waals surface area contributed by atoms with Gasteiger partial charge in [-0.2, -0.15) is 15.4 Å². The molecule has 1 aromatic carbocycles. The van der Waals surface area contributed by atoms with E-state index in [-0.39, 0.29) is 21.3 Å². The zero-order valence-electron chi connectivity index (χ0n) is 10.2. The third-order valence-corrected chi connectivity index (χ3v) is 3.67. The van der Waals surface area contributed by atoms with E-state index < -0.39 is 15.9 Å². The molecule has 106 valence electrons. The van der Waals surface area contributed by atoms with Gasteiger partial charge in [0.1, 0.15) is 0 Å². The Bertz CT molecular complexity index is 734. The number of amides is 1. The van der Waals surface area contributed by atoms with E-state index in [0.29, 0.717) is 5.56 Å². The summed E-state index contributed by atoms with van der Waals surface area (Å²) in [6.07, 6.45) is 1.25. The van der Waals surface area contributed by atoms with Crippen LogP contribution < -0.4 is 10.5 Å². The maximum atomic E-state index is 11.8. The molecular formula is C10H10ClN5O3S. The Labute approximate surface area is 119 Å². The normalized spacial score (nSPS) is 11.3. The van der Waals surface area contributed by atoms with Crippen LogP contribution in [-0.4, -0.2) is 29.7 Å². The predicted molar refractivity (Wildman–Crippen MR) is 71.9 cm³/mol. The van der Waals surface area contributed by atoms with E-state index in [2.05, 4.69) is 20.7 Å². The number of hydrogen-bond donors (Lipinski definition) is 3. The summed E-state index contributed by atoms with van der Waals surface area (Å²) in [6, 6.07) is 2.49. The molecule has 8 nitrogen and oxygen atoms in total. The number of primary sulfonamides is 1. The average Bonchev–Trinajstić information content (AvgIpc) is 2.85. The molecule has 1 amide bonds. The molecule has 10 heteroatoms. The van der Waals surface area contributed by atoms with E-state index in [1.54, 1.807) is 6.92 Å². The molecule has 2 aromatic rings. The molecular weight excluding hydrogens is 306 g/mol. The quantitative estimate of drug-likeness (QED) is 0.766. The van der Waals surface area contributed by atoms with Crippen LogP contribution in [0.5, 0.6) is 0 Å². The maximum Gasteiger partial charge on any atom is 0.277 e. The lowest BCUT2D eigenvalue weighted by atomic mass is 10.2. The molecule has 0 radical (unpaired) electrons. The van der Waals surface area contributed by atoms with Crippen LogP contribution >= 0.6 is 11.6 Å². The molecule has 0 saturated carbocycles. The van der Waals surface area contributed by atoms with Crippen molar-refractivity contribution in [2.75, 3.05) is 5.32 Å². The minimum atomic E-state index is -3.86. The number of aryl methyl sites for hydroxylation is 1. The zero-order valence-corrected chi connectivity index (χ0v) is 11.8. The van der Waals surface area contributed by atoms with Crippen molar-refractivity contribution in [1.29, 1.82) is 0 Å². The molecule has 0 aliphatic rings. The Morgan fingerprint density at radius 1 is 1.45 bits per heavy atom. The molecule has 4 N–H and O–H groups in total. The Balaban J connectivity index is 2.37. The summed E-state index contributed by atoms with van der Waals surface area (Å²) >= 11 is 5.97. The number of carbonyl (C=O) groups excluding carboxylic acids is 1. The van der Waals surface area contributed by atoms with Crippen LogP contribution in [0.4, 0.5) is 5.69 Å². The largest absolute Gasteiger partial charge is 0.319 e. The summed E-state index contributed by atoms with van der Waals surface area (Å²) in [6.45, 7) is 1.60. The monoisotopic (exact) mass is 315 g/mol. The smallest absolute Gasteiger partial charge is 0.277 e. The molecule has 0 atom stereocenters. The van der Waals surface area contributed by atoms with Crippen LogP contribution in [-0.2, 0) is 10.0 Å². The number of anilines is 1. The molecule has 0 saturated heterocycles. The van der Waals surface area contributed by atoms with E-state index in [4.69, 9.17) is 16.7 Å². The van der Waals surface area contributed by atoms with E-state index >= 15 is 0 Å². The number of nitrogens with zero attached hydrogens (tertiary/aromatic N) is 2. The fourth-order valence-electron chi connectivity index (χ4n) is 1.52. The molecule has 0 unspecified atom stereocenters. The highest BCUT2D eigenvalue weighted by atomic mass is 35.5. The first-order chi connectivity index (χ1) is 9.29. The highest BCUT2D eigenvalue weighted by Crippen LogP contribution is 2.29. The van der Waals surface area contributed by atoms with Gasteiger partial charge in [-0.25, -0.2) is 13.6 Å². The van der Waals surface area contributed by atoms with E-state index in [0.717, 1.165) is 0 Å². The summed E-state index contributed by atoms with van der Waals surface area (Å²) in [7, 11) is -3.86. The molecule has 1 heterocycles. The van der Waals surface area contributed by atoms with E-state index in [1.807, 2.05) is 0 Å². The Kier molecular flexibility index (Phi) is 3.75. The summed E-state index contributed by atoms with van der Waals surface area (Å²) in [5.41, 5.74) is 0.821. The number of sulfonamides is 1. The number of aromatic nitrogens is 3. The third-order valence-electron chi connectivity index (χ3n) is 2.48. The SMILES string of the molecule is Cc1cc(S(N)(=O)=O)cc(Cl)c1NC(=O)c1cn[nH]n1. The Morgan fingerprint density at radius 2 is 2.15 bits per heavy atom. The van der Waals surface area contributed by atoms with Crippen molar-refractivity contribution in [3.05, 3.63) is 34.6 Å². The zero-order chi connectivity index (χ0) is 14.9. The van der Waals surface area contributed by atoms with Gasteiger partial charge in [0.05, 0.1) is 21.8 Å². The molecule has 0 aliphatic heterocycles. The maximum absolute atomic E-state index is 11.8. The van der Waals surface area contributed by atoms with Crippen molar-refractivity contribution >= 4 is 33.2 Å². The van der Waals surface area contributed by atoms with Gasteiger partial charge in [-0.1, -0.05) is 11.6 Å². The van der Waals surface area contributed by atoms with Crippen LogP contribution in [0, 0.1) is 6.92 Å². The molecule has 1 aromatic heterocycles. The molecule has 0 bridgehead atoms. The van der Waals surface area contributed by atoms with Gasteiger partial charge in [-0.15, -0.1) is 0 Å². The fraction of sp³-hybridized carbons (Fsp3) is 0.100. The number of aromatic amines is 1. The Morgan fingerprint density at radius 3 is 2.65 bits per heavy atom. The second-order valence-corrected chi connectivity index (χ2v) is 5.92. The standard InChI is InChI=1S/C10H10ClN5O3S/c1-5-2-6(20(12,18)19)3-7(11)9(5)14-10(17)8-4-13-16-15-8/h2-4H,1H3,(H,14,17)(H2,12,18,19)(H,13,15,16). The number of rotatable bonds is 3. The highest BCUT2D eigenvalue weighted by molar-refractivity contribution is 7.89. The Hall–Kier alpha value is -1.97. The van der Waals surface area contributed by atoms with Gasteiger partial charge in [0.25, 0.3) is 5.91 Å². The fourth-order valence-corrected chi connectivity index (χ4v) is 2.53. The van der Waals surface area contributed by atoms with Crippen molar-refractivity contribution in [1.82, 2.24) is 15.4 Å². The second-order valence-electron chi connectivity index (χ2n) is 3.95. The van der Waals surface area contributed by atoms with Crippen LogP contribution in [0.2, 0.25) is 5.02 Å². The van der Waals surface area contributed by atoms with Crippen molar-refractivity contribution < 1.29 is 13.2 Å². The summed E-state index contributed by atoms with van der Waals surface area (Å²) in [4.78, 5) is 11.7. The summed E-state index contributed by atoms with van der Waals surface area (Å²) in [5, 5.41) is 17.1. The van der Waals surface area contributed by atoms with E-state index in [1.165, 1.54) is 18.3 Å². The van der Waals surface area contributed by atoms with E-state index in [9.17, 15) is 13.2 Å². The minimum Gasteiger partial charge on any atom is -0.319 e. The lowest BCUT2D eigenvalue weighted by Gasteiger charge is -2.11. The summed E-state index contributed by atoms with van der Waals surface area (Å²) in [5.74, 6) is -0.521. The van der Waals surface area contributed by atoms with Gasteiger partial charge >= 0.3 is 0 Å². The number of nitrogens with two attached hydrogens (primary N) is 1. The van der Waals surface area contributed by atoms with Crippen LogP contribution in [0.25, 0.3) is 0 Å². The van der Waals surface area contributed by atoms with Gasteiger partial charge < -0.3 is 5.32 Å². The highest BCUT2D eigenvalue weighted by Gasteiger charge is 2.16. The van der Waals surface area contributed by atoms with Gasteiger partial charge in [0, 0.05) is 0 Å².